The molecule has 5 atom stereocenters. The van der Waals surface area contributed by atoms with Crippen LogP contribution in [0.25, 0.3) is 0 Å². The van der Waals surface area contributed by atoms with Crippen LogP contribution in [-0.4, -0.2) is 62.6 Å². The second-order valence-corrected chi connectivity index (χ2v) is 5.15. The predicted octanol–water partition coefficient (Wildman–Crippen LogP) is -0.885. The molecule has 0 spiro atoms. The number of nitro groups is 1. The Labute approximate surface area is 125 Å². The maximum absolute atomic E-state index is 10.7. The van der Waals surface area contributed by atoms with E-state index in [0.29, 0.717) is 11.3 Å². The van der Waals surface area contributed by atoms with Gasteiger partial charge >= 0.3 is 0 Å². The zero-order valence-corrected chi connectivity index (χ0v) is 11.8. The van der Waals surface area contributed by atoms with Gasteiger partial charge < -0.3 is 30.5 Å². The smallest absolute Gasteiger partial charge is 0.269 e. The summed E-state index contributed by atoms with van der Waals surface area (Å²) < 4.78 is 5.32. The van der Waals surface area contributed by atoms with Crippen molar-refractivity contribution in [2.75, 3.05) is 11.9 Å². The minimum absolute atomic E-state index is 0.0652. The van der Waals surface area contributed by atoms with Gasteiger partial charge in [0.15, 0.2) is 6.23 Å². The Kier molecular flexibility index (Phi) is 4.94. The van der Waals surface area contributed by atoms with Crippen LogP contribution < -0.4 is 5.32 Å². The van der Waals surface area contributed by atoms with Gasteiger partial charge in [-0.2, -0.15) is 0 Å². The third-order valence-corrected chi connectivity index (χ3v) is 3.59. The van der Waals surface area contributed by atoms with Crippen LogP contribution in [0.2, 0.25) is 0 Å². The Morgan fingerprint density at radius 3 is 2.64 bits per heavy atom. The minimum atomic E-state index is -1.36. The molecule has 0 aliphatic carbocycles. The van der Waals surface area contributed by atoms with Crippen molar-refractivity contribution in [3.63, 3.8) is 0 Å². The Morgan fingerprint density at radius 1 is 1.41 bits per heavy atom. The summed E-state index contributed by atoms with van der Waals surface area (Å²) in [5.41, 5.74) is 0.983. The van der Waals surface area contributed by atoms with E-state index >= 15 is 0 Å². The van der Waals surface area contributed by atoms with Crippen LogP contribution in [-0.2, 0) is 4.74 Å². The van der Waals surface area contributed by atoms with Gasteiger partial charge in [-0.3, -0.25) is 10.1 Å². The Balaban J connectivity index is 2.12. The van der Waals surface area contributed by atoms with Crippen LogP contribution >= 0.6 is 0 Å². The van der Waals surface area contributed by atoms with Gasteiger partial charge in [-0.05, 0) is 18.6 Å². The second kappa shape index (κ2) is 6.55. The van der Waals surface area contributed by atoms with Gasteiger partial charge in [0.05, 0.1) is 11.5 Å². The van der Waals surface area contributed by atoms with Crippen LogP contribution in [0.3, 0.4) is 0 Å². The van der Waals surface area contributed by atoms with Crippen LogP contribution in [0.1, 0.15) is 5.56 Å². The number of hydrogen-bond donors (Lipinski definition) is 5. The van der Waals surface area contributed by atoms with E-state index in [2.05, 4.69) is 5.32 Å². The molecule has 1 aliphatic heterocycles. The molecule has 0 aromatic heterocycles. The monoisotopic (exact) mass is 314 g/mol. The molecular weight excluding hydrogens is 296 g/mol. The number of nitrogens with zero attached hydrogens (tertiary/aromatic N) is 1. The molecular formula is C13H18N2O7. The topological polar surface area (TPSA) is 145 Å². The van der Waals surface area contributed by atoms with Gasteiger partial charge in [0.1, 0.15) is 24.4 Å². The van der Waals surface area contributed by atoms with Crippen molar-refractivity contribution >= 4 is 11.4 Å². The largest absolute Gasteiger partial charge is 0.394 e. The highest BCUT2D eigenvalue weighted by Crippen LogP contribution is 2.28. The third kappa shape index (κ3) is 3.18. The lowest BCUT2D eigenvalue weighted by Crippen LogP contribution is -2.40. The van der Waals surface area contributed by atoms with Crippen molar-refractivity contribution < 1.29 is 30.1 Å². The molecule has 1 aromatic rings. The zero-order chi connectivity index (χ0) is 16.4. The third-order valence-electron chi connectivity index (χ3n) is 3.59. The van der Waals surface area contributed by atoms with Crippen molar-refractivity contribution in [2.24, 2.45) is 0 Å². The van der Waals surface area contributed by atoms with Crippen LogP contribution in [0.4, 0.5) is 11.4 Å². The van der Waals surface area contributed by atoms with Gasteiger partial charge in [0, 0.05) is 17.8 Å². The molecule has 22 heavy (non-hydrogen) atoms. The van der Waals surface area contributed by atoms with Crippen LogP contribution in [0.15, 0.2) is 18.2 Å². The van der Waals surface area contributed by atoms with E-state index in [1.165, 1.54) is 18.2 Å². The number of hydrogen-bond acceptors (Lipinski definition) is 8. The molecule has 1 heterocycles. The molecule has 5 N–H and O–H groups in total. The van der Waals surface area contributed by atoms with Crippen molar-refractivity contribution in [1.29, 1.82) is 0 Å². The Bertz CT molecular complexity index is 553. The summed E-state index contributed by atoms with van der Waals surface area (Å²) in [5.74, 6) is 0. The fourth-order valence-corrected chi connectivity index (χ4v) is 2.32. The van der Waals surface area contributed by atoms with Gasteiger partial charge in [0.25, 0.3) is 5.69 Å². The van der Waals surface area contributed by atoms with Crippen molar-refractivity contribution in [3.8, 4) is 0 Å². The first-order valence-electron chi connectivity index (χ1n) is 6.67. The fourth-order valence-electron chi connectivity index (χ4n) is 2.32. The lowest BCUT2D eigenvalue weighted by molar-refractivity contribution is -0.384. The normalized spacial score (nSPS) is 29.3. The maximum Gasteiger partial charge on any atom is 0.269 e. The fraction of sp³-hybridized carbons (Fsp3) is 0.538. The average molecular weight is 314 g/mol. The van der Waals surface area contributed by atoms with Crippen molar-refractivity contribution in [3.05, 3.63) is 33.9 Å². The summed E-state index contributed by atoms with van der Waals surface area (Å²) in [5, 5.41) is 51.7. The molecule has 0 unspecified atom stereocenters. The summed E-state index contributed by atoms with van der Waals surface area (Å²) in [4.78, 5) is 10.2. The molecule has 0 amide bonds. The van der Waals surface area contributed by atoms with E-state index in [1.54, 1.807) is 6.92 Å². The Morgan fingerprint density at radius 2 is 2.09 bits per heavy atom. The number of aryl methyl sites for hydroxylation is 1. The van der Waals surface area contributed by atoms with E-state index in [0.717, 1.165) is 0 Å². The molecule has 0 bridgehead atoms. The molecule has 1 fully saturated rings. The van der Waals surface area contributed by atoms with E-state index in [4.69, 9.17) is 9.84 Å². The van der Waals surface area contributed by atoms with E-state index in [1.807, 2.05) is 0 Å². The summed E-state index contributed by atoms with van der Waals surface area (Å²) in [6.45, 7) is 1.03. The molecule has 1 aliphatic rings. The second-order valence-electron chi connectivity index (χ2n) is 5.15. The minimum Gasteiger partial charge on any atom is -0.394 e. The standard InChI is InChI=1S/C13H18N2O7/c1-6-4-7(15(20)21)2-3-8(6)14-13-11(19)10(18)12(22-13)9(17)5-16/h2-4,9-14,16-19H,5H2,1H3/t9-,10+,11+,12+,13+/m1/s1. The SMILES string of the molecule is Cc1cc([N+](=O)[O-])ccc1N[C@H]1O[C@@H]([C@H](O)CO)[C@@H](O)[C@@H]1O. The predicted molar refractivity (Wildman–Crippen MR) is 75.2 cm³/mol. The first kappa shape index (κ1) is 16.6. The van der Waals surface area contributed by atoms with Gasteiger partial charge in [0.2, 0.25) is 0 Å². The Hall–Kier alpha value is -1.78. The quantitative estimate of drug-likeness (QED) is 0.348. The molecule has 122 valence electrons. The summed E-state index contributed by atoms with van der Waals surface area (Å²) in [6.07, 6.45) is -6.15. The number of anilines is 1. The number of rotatable bonds is 5. The summed E-state index contributed by atoms with van der Waals surface area (Å²) in [6, 6.07) is 4.12. The highest BCUT2D eigenvalue weighted by atomic mass is 16.6. The van der Waals surface area contributed by atoms with Crippen LogP contribution in [0, 0.1) is 17.0 Å². The van der Waals surface area contributed by atoms with E-state index in [9.17, 15) is 25.4 Å². The van der Waals surface area contributed by atoms with E-state index in [-0.39, 0.29) is 5.69 Å². The number of benzene rings is 1. The molecule has 1 aromatic carbocycles. The number of non-ortho nitro benzene ring substituents is 1. The number of nitro benzene ring substituents is 1. The first-order chi connectivity index (χ1) is 10.3. The molecule has 1 saturated heterocycles. The molecule has 9 nitrogen and oxygen atoms in total. The number of ether oxygens (including phenoxy) is 1. The molecule has 0 saturated carbocycles. The number of aliphatic hydroxyl groups is 4. The first-order valence-corrected chi connectivity index (χ1v) is 6.67. The highest BCUT2D eigenvalue weighted by Gasteiger charge is 2.45. The number of aliphatic hydroxyl groups excluding tert-OH is 4. The average Bonchev–Trinajstić information content (AvgIpc) is 2.76. The van der Waals surface area contributed by atoms with Crippen molar-refractivity contribution in [2.45, 2.75) is 37.6 Å². The lowest BCUT2D eigenvalue weighted by atomic mass is 10.1. The highest BCUT2D eigenvalue weighted by molar-refractivity contribution is 5.55. The molecule has 2 rings (SSSR count). The molecule has 0 radical (unpaired) electrons. The molecule has 9 heteroatoms. The van der Waals surface area contributed by atoms with E-state index < -0.39 is 42.2 Å². The van der Waals surface area contributed by atoms with Crippen molar-refractivity contribution in [1.82, 2.24) is 0 Å². The zero-order valence-electron chi connectivity index (χ0n) is 11.8. The van der Waals surface area contributed by atoms with Gasteiger partial charge in [-0.1, -0.05) is 0 Å². The maximum atomic E-state index is 10.7. The summed E-state index contributed by atoms with van der Waals surface area (Å²) in [7, 11) is 0. The number of nitrogens with one attached hydrogen (secondary N) is 1. The van der Waals surface area contributed by atoms with Gasteiger partial charge in [-0.15, -0.1) is 0 Å². The lowest BCUT2D eigenvalue weighted by Gasteiger charge is -2.20. The van der Waals surface area contributed by atoms with Crippen LogP contribution in [0.5, 0.6) is 0 Å². The summed E-state index contributed by atoms with van der Waals surface area (Å²) >= 11 is 0. The van der Waals surface area contributed by atoms with Gasteiger partial charge in [-0.25, -0.2) is 0 Å².